The van der Waals surface area contributed by atoms with Gasteiger partial charge in [-0.05, 0) is 56.7 Å². The van der Waals surface area contributed by atoms with Gasteiger partial charge in [-0.1, -0.05) is 41.4 Å². The number of hydrogen-bond donors (Lipinski definition) is 1. The van der Waals surface area contributed by atoms with Crippen LogP contribution < -0.4 is 9.73 Å². The van der Waals surface area contributed by atoms with E-state index < -0.39 is 22.5 Å². The molecular formula is C23H24Cl2N4O3S. The molecule has 0 atom stereocenters. The van der Waals surface area contributed by atoms with Crippen LogP contribution in [-0.4, -0.2) is 37.9 Å². The van der Waals surface area contributed by atoms with E-state index in [2.05, 4.69) is 10.5 Å². The normalized spacial score (nSPS) is 11.7. The van der Waals surface area contributed by atoms with Gasteiger partial charge < -0.3 is 4.57 Å². The second-order valence-electron chi connectivity index (χ2n) is 7.64. The highest BCUT2D eigenvalue weighted by atomic mass is 35.5. The van der Waals surface area contributed by atoms with Crippen molar-refractivity contribution < 1.29 is 13.2 Å². The summed E-state index contributed by atoms with van der Waals surface area (Å²) >= 11 is 12.5. The quantitative estimate of drug-likeness (QED) is 0.374. The van der Waals surface area contributed by atoms with Crippen LogP contribution in [0.25, 0.3) is 5.69 Å². The van der Waals surface area contributed by atoms with E-state index in [-0.39, 0.29) is 0 Å². The summed E-state index contributed by atoms with van der Waals surface area (Å²) in [4.78, 5) is 12.4. The molecule has 1 N–H and O–H groups in total. The third kappa shape index (κ3) is 5.76. The number of amides is 1. The van der Waals surface area contributed by atoms with Crippen molar-refractivity contribution in [3.05, 3.63) is 81.1 Å². The number of benzene rings is 2. The second-order valence-corrected chi connectivity index (χ2v) is 10.3. The first-order chi connectivity index (χ1) is 15.5. The molecule has 0 radical (unpaired) electrons. The van der Waals surface area contributed by atoms with Gasteiger partial charge in [0.05, 0.1) is 33.9 Å². The lowest BCUT2D eigenvalue weighted by atomic mass is 10.2. The van der Waals surface area contributed by atoms with Crippen molar-refractivity contribution in [2.45, 2.75) is 20.8 Å². The van der Waals surface area contributed by atoms with E-state index in [1.807, 2.05) is 49.6 Å². The van der Waals surface area contributed by atoms with Crippen LogP contribution in [0.15, 0.2) is 53.6 Å². The fraction of sp³-hybridized carbons (Fsp3) is 0.217. The Balaban J connectivity index is 1.77. The van der Waals surface area contributed by atoms with Crippen LogP contribution in [-0.2, 0) is 14.8 Å². The maximum atomic E-state index is 12.4. The summed E-state index contributed by atoms with van der Waals surface area (Å²) in [6.45, 7) is 5.28. The summed E-state index contributed by atoms with van der Waals surface area (Å²) in [5.74, 6) is -0.565. The van der Waals surface area contributed by atoms with Crippen molar-refractivity contribution in [1.29, 1.82) is 0 Å². The van der Waals surface area contributed by atoms with Crippen molar-refractivity contribution in [2.24, 2.45) is 5.10 Å². The number of sulfonamides is 1. The summed E-state index contributed by atoms with van der Waals surface area (Å²) in [6, 6.07) is 14.2. The molecule has 3 aromatic rings. The average molecular weight is 507 g/mol. The Kier molecular flexibility index (Phi) is 7.51. The predicted molar refractivity (Wildman–Crippen MR) is 134 cm³/mol. The van der Waals surface area contributed by atoms with Gasteiger partial charge in [-0.2, -0.15) is 5.10 Å². The molecule has 1 amide bonds. The number of anilines is 1. The molecule has 0 aliphatic carbocycles. The second kappa shape index (κ2) is 9.99. The third-order valence-corrected chi connectivity index (χ3v) is 6.96. The highest BCUT2D eigenvalue weighted by Gasteiger charge is 2.21. The molecule has 174 valence electrons. The van der Waals surface area contributed by atoms with E-state index in [0.29, 0.717) is 15.7 Å². The molecule has 7 nitrogen and oxygen atoms in total. The molecule has 1 heterocycles. The number of rotatable bonds is 7. The van der Waals surface area contributed by atoms with Gasteiger partial charge in [0.2, 0.25) is 10.0 Å². The monoisotopic (exact) mass is 506 g/mol. The lowest BCUT2D eigenvalue weighted by molar-refractivity contribution is -0.119. The van der Waals surface area contributed by atoms with Crippen molar-refractivity contribution >= 4 is 51.0 Å². The molecule has 0 bridgehead atoms. The first kappa shape index (κ1) is 24.8. The van der Waals surface area contributed by atoms with Crippen LogP contribution in [0.1, 0.15) is 22.5 Å². The van der Waals surface area contributed by atoms with Gasteiger partial charge in [-0.15, -0.1) is 0 Å². The SMILES string of the molecule is Cc1cccc(N(CC(=O)N/N=C\c2cc(C)n(-c3cccc(Cl)c3Cl)c2C)S(C)(=O)=O)c1. The minimum atomic E-state index is -3.66. The number of hydrogen-bond acceptors (Lipinski definition) is 4. The fourth-order valence-electron chi connectivity index (χ4n) is 3.48. The third-order valence-electron chi connectivity index (χ3n) is 5.01. The van der Waals surface area contributed by atoms with E-state index in [1.54, 1.807) is 24.3 Å². The average Bonchev–Trinajstić information content (AvgIpc) is 3.01. The van der Waals surface area contributed by atoms with Crippen LogP contribution in [0, 0.1) is 20.8 Å². The van der Waals surface area contributed by atoms with Gasteiger partial charge >= 0.3 is 0 Å². The smallest absolute Gasteiger partial charge is 0.260 e. The topological polar surface area (TPSA) is 83.8 Å². The number of aryl methyl sites for hydroxylation is 2. The Labute approximate surface area is 203 Å². The number of nitrogens with zero attached hydrogens (tertiary/aromatic N) is 3. The zero-order chi connectivity index (χ0) is 24.3. The largest absolute Gasteiger partial charge is 0.316 e. The molecule has 0 aliphatic rings. The minimum absolute atomic E-state index is 0.392. The van der Waals surface area contributed by atoms with E-state index in [9.17, 15) is 13.2 Å². The van der Waals surface area contributed by atoms with Gasteiger partial charge in [-0.25, -0.2) is 13.8 Å². The molecule has 3 rings (SSSR count). The van der Waals surface area contributed by atoms with Gasteiger partial charge in [0.1, 0.15) is 6.54 Å². The standard InChI is InChI=1S/C23H24Cl2N4O3S/c1-15-7-5-8-19(11-15)28(33(4,31)32)14-22(30)27-26-13-18-12-16(2)29(17(18)3)21-10-6-9-20(24)23(21)25/h5-13H,14H2,1-4H3,(H,27,30)/b26-13-. The van der Waals surface area contributed by atoms with Crippen molar-refractivity contribution in [2.75, 3.05) is 17.1 Å². The molecule has 0 spiro atoms. The first-order valence-corrected chi connectivity index (χ1v) is 12.6. The summed E-state index contributed by atoms with van der Waals surface area (Å²) in [6.07, 6.45) is 2.56. The molecule has 0 aliphatic heterocycles. The van der Waals surface area contributed by atoms with Crippen molar-refractivity contribution in [3.63, 3.8) is 0 Å². The van der Waals surface area contributed by atoms with Gasteiger partial charge in [0.25, 0.3) is 5.91 Å². The summed E-state index contributed by atoms with van der Waals surface area (Å²) in [5, 5.41) is 4.91. The minimum Gasteiger partial charge on any atom is -0.316 e. The Hall–Kier alpha value is -2.81. The zero-order valence-corrected chi connectivity index (χ0v) is 21.0. The highest BCUT2D eigenvalue weighted by Crippen LogP contribution is 2.31. The first-order valence-electron chi connectivity index (χ1n) is 9.98. The van der Waals surface area contributed by atoms with Crippen molar-refractivity contribution in [3.8, 4) is 5.69 Å². The molecule has 0 saturated carbocycles. The molecule has 33 heavy (non-hydrogen) atoms. The van der Waals surface area contributed by atoms with Crippen molar-refractivity contribution in [1.82, 2.24) is 9.99 Å². The van der Waals surface area contributed by atoms with Crippen LogP contribution in [0.4, 0.5) is 5.69 Å². The lowest BCUT2D eigenvalue weighted by Gasteiger charge is -2.21. The number of carbonyl (C=O) groups is 1. The molecule has 2 aromatic carbocycles. The maximum Gasteiger partial charge on any atom is 0.260 e. The molecule has 0 saturated heterocycles. The van der Waals surface area contributed by atoms with Crippen LogP contribution >= 0.6 is 23.2 Å². The lowest BCUT2D eigenvalue weighted by Crippen LogP contribution is -2.39. The highest BCUT2D eigenvalue weighted by molar-refractivity contribution is 7.92. The zero-order valence-electron chi connectivity index (χ0n) is 18.6. The molecule has 0 unspecified atom stereocenters. The summed E-state index contributed by atoms with van der Waals surface area (Å²) in [7, 11) is -3.66. The number of nitrogens with one attached hydrogen (secondary N) is 1. The van der Waals surface area contributed by atoms with Gasteiger partial charge in [-0.3, -0.25) is 9.10 Å². The van der Waals surface area contributed by atoms with E-state index >= 15 is 0 Å². The number of carbonyl (C=O) groups excluding carboxylic acids is 1. The van der Waals surface area contributed by atoms with Gasteiger partial charge in [0.15, 0.2) is 0 Å². The van der Waals surface area contributed by atoms with Crippen LogP contribution in [0.3, 0.4) is 0 Å². The number of hydrazone groups is 1. The molecule has 1 aromatic heterocycles. The van der Waals surface area contributed by atoms with Crippen LogP contribution in [0.2, 0.25) is 10.0 Å². The van der Waals surface area contributed by atoms with Crippen LogP contribution in [0.5, 0.6) is 0 Å². The molecular weight excluding hydrogens is 483 g/mol. The fourth-order valence-corrected chi connectivity index (χ4v) is 4.71. The van der Waals surface area contributed by atoms with Gasteiger partial charge in [0, 0.05) is 17.0 Å². The Morgan fingerprint density at radius 3 is 2.48 bits per heavy atom. The van der Waals surface area contributed by atoms with E-state index in [0.717, 1.165) is 38.8 Å². The summed E-state index contributed by atoms with van der Waals surface area (Å²) in [5.41, 5.74) is 6.97. The summed E-state index contributed by atoms with van der Waals surface area (Å²) < 4.78 is 27.4. The Morgan fingerprint density at radius 1 is 1.12 bits per heavy atom. The maximum absolute atomic E-state index is 12.4. The Bertz CT molecular complexity index is 1330. The molecule has 0 fully saturated rings. The number of aromatic nitrogens is 1. The Morgan fingerprint density at radius 2 is 1.82 bits per heavy atom. The number of halogens is 2. The predicted octanol–water partition coefficient (Wildman–Crippen LogP) is 4.63. The molecule has 10 heteroatoms. The van der Waals surface area contributed by atoms with E-state index in [1.165, 1.54) is 6.21 Å². The van der Waals surface area contributed by atoms with E-state index in [4.69, 9.17) is 23.2 Å².